The first-order valence-electron chi connectivity index (χ1n) is 6.96. The monoisotopic (exact) mass is 319 g/mol. The molecule has 0 unspecified atom stereocenters. The van der Waals surface area contributed by atoms with Crippen molar-refractivity contribution in [1.29, 1.82) is 0 Å². The molecule has 0 spiro atoms. The third-order valence-corrected chi connectivity index (χ3v) is 3.27. The lowest BCUT2D eigenvalue weighted by molar-refractivity contribution is 0.690. The number of H-pyrrole nitrogens is 1. The number of aromatic nitrogens is 4. The van der Waals surface area contributed by atoms with Gasteiger partial charge in [-0.05, 0) is 12.1 Å². The van der Waals surface area contributed by atoms with Crippen LogP contribution < -0.4 is 10.9 Å². The highest BCUT2D eigenvalue weighted by Crippen LogP contribution is 2.09. The number of halogens is 1. The molecule has 1 aromatic carbocycles. The van der Waals surface area contributed by atoms with Crippen LogP contribution in [0.25, 0.3) is 11.2 Å². The van der Waals surface area contributed by atoms with Gasteiger partial charge in [-0.15, -0.1) is 12.4 Å². The summed E-state index contributed by atoms with van der Waals surface area (Å²) in [5, 5.41) is 3.14. The van der Waals surface area contributed by atoms with Gasteiger partial charge in [0.15, 0.2) is 11.2 Å². The van der Waals surface area contributed by atoms with Crippen LogP contribution in [0.4, 0.5) is 0 Å². The summed E-state index contributed by atoms with van der Waals surface area (Å²) in [6.07, 6.45) is 1.66. The van der Waals surface area contributed by atoms with Crippen molar-refractivity contribution >= 4 is 23.6 Å². The van der Waals surface area contributed by atoms with E-state index in [0.717, 1.165) is 12.1 Å². The lowest BCUT2D eigenvalue weighted by Crippen LogP contribution is -2.20. The number of aromatic amines is 1. The molecule has 0 saturated carbocycles. The van der Waals surface area contributed by atoms with Crippen LogP contribution in [0.3, 0.4) is 0 Å². The topological polar surface area (TPSA) is 75.6 Å². The van der Waals surface area contributed by atoms with E-state index in [1.54, 1.807) is 6.33 Å². The van der Waals surface area contributed by atoms with E-state index in [0.29, 0.717) is 30.1 Å². The van der Waals surface area contributed by atoms with E-state index in [1.807, 2.05) is 41.8 Å². The minimum absolute atomic E-state index is 0. The van der Waals surface area contributed by atoms with Crippen molar-refractivity contribution in [3.63, 3.8) is 0 Å². The van der Waals surface area contributed by atoms with E-state index in [9.17, 15) is 4.79 Å². The molecule has 0 bridgehead atoms. The van der Waals surface area contributed by atoms with E-state index >= 15 is 0 Å². The summed E-state index contributed by atoms with van der Waals surface area (Å²) < 4.78 is 1.83. The summed E-state index contributed by atoms with van der Waals surface area (Å²) in [6.45, 7) is 3.97. The molecule has 116 valence electrons. The van der Waals surface area contributed by atoms with E-state index in [-0.39, 0.29) is 18.0 Å². The Balaban J connectivity index is 0.00000176. The molecule has 0 amide bonds. The zero-order chi connectivity index (χ0) is 14.7. The third kappa shape index (κ3) is 3.35. The number of hydrogen-bond donors (Lipinski definition) is 2. The van der Waals surface area contributed by atoms with Crippen molar-refractivity contribution in [2.45, 2.75) is 20.0 Å². The Kier molecular flexibility index (Phi) is 5.30. The molecule has 0 fully saturated rings. The van der Waals surface area contributed by atoms with Crippen molar-refractivity contribution in [2.75, 3.05) is 6.54 Å². The van der Waals surface area contributed by atoms with Crippen LogP contribution in [0.5, 0.6) is 0 Å². The van der Waals surface area contributed by atoms with Gasteiger partial charge in [-0.2, -0.15) is 0 Å². The molecule has 3 aromatic rings. The molecule has 0 saturated heterocycles. The molecule has 0 aliphatic heterocycles. The predicted molar refractivity (Wildman–Crippen MR) is 88.3 cm³/mol. The van der Waals surface area contributed by atoms with E-state index < -0.39 is 0 Å². The number of nitrogens with one attached hydrogen (secondary N) is 2. The molecule has 2 N–H and O–H groups in total. The summed E-state index contributed by atoms with van der Waals surface area (Å²) in [7, 11) is 0. The molecule has 22 heavy (non-hydrogen) atoms. The molecule has 0 aliphatic rings. The quantitative estimate of drug-likeness (QED) is 0.750. The van der Waals surface area contributed by atoms with Gasteiger partial charge in [0.25, 0.3) is 5.56 Å². The van der Waals surface area contributed by atoms with Crippen molar-refractivity contribution in [3.05, 3.63) is 58.4 Å². The smallest absolute Gasteiger partial charge is 0.277 e. The maximum atomic E-state index is 12.3. The fourth-order valence-corrected chi connectivity index (χ4v) is 2.26. The van der Waals surface area contributed by atoms with Gasteiger partial charge >= 0.3 is 0 Å². The second-order valence-electron chi connectivity index (χ2n) is 4.82. The van der Waals surface area contributed by atoms with Crippen LogP contribution in [0.2, 0.25) is 0 Å². The van der Waals surface area contributed by atoms with E-state index in [1.165, 1.54) is 0 Å². The third-order valence-electron chi connectivity index (χ3n) is 3.27. The number of benzene rings is 1. The van der Waals surface area contributed by atoms with Gasteiger partial charge in [-0.25, -0.2) is 9.97 Å². The Hall–Kier alpha value is -2.18. The maximum Gasteiger partial charge on any atom is 0.277 e. The molecule has 2 aromatic heterocycles. The Morgan fingerprint density at radius 2 is 2.05 bits per heavy atom. The van der Waals surface area contributed by atoms with Gasteiger partial charge < -0.3 is 14.9 Å². The van der Waals surface area contributed by atoms with Gasteiger partial charge in [-0.1, -0.05) is 37.3 Å². The highest BCUT2D eigenvalue weighted by molar-refractivity contribution is 5.85. The molecule has 3 rings (SSSR count). The average molecular weight is 320 g/mol. The van der Waals surface area contributed by atoms with Gasteiger partial charge in [-0.3, -0.25) is 4.79 Å². The highest BCUT2D eigenvalue weighted by atomic mass is 35.5. The van der Waals surface area contributed by atoms with Crippen molar-refractivity contribution in [3.8, 4) is 0 Å². The van der Waals surface area contributed by atoms with Crippen LogP contribution in [0, 0.1) is 0 Å². The summed E-state index contributed by atoms with van der Waals surface area (Å²) in [4.78, 5) is 23.7. The Bertz CT molecular complexity index is 797. The van der Waals surface area contributed by atoms with Crippen LogP contribution >= 0.6 is 12.4 Å². The molecule has 0 radical (unpaired) electrons. The molecule has 0 aliphatic carbocycles. The number of rotatable bonds is 5. The second kappa shape index (κ2) is 7.20. The number of fused-ring (bicyclic) bond motifs is 1. The fraction of sp³-hybridized carbons (Fsp3) is 0.267. The van der Waals surface area contributed by atoms with E-state index in [4.69, 9.17) is 0 Å². The lowest BCUT2D eigenvalue weighted by Gasteiger charge is -2.04. The van der Waals surface area contributed by atoms with Crippen LogP contribution in [-0.4, -0.2) is 26.1 Å². The maximum absolute atomic E-state index is 12.3. The minimum Gasteiger partial charge on any atom is -0.320 e. The highest BCUT2D eigenvalue weighted by Gasteiger charge is 2.10. The molecule has 7 heteroatoms. The second-order valence-corrected chi connectivity index (χ2v) is 4.82. The van der Waals surface area contributed by atoms with Crippen molar-refractivity contribution in [1.82, 2.24) is 24.8 Å². The summed E-state index contributed by atoms with van der Waals surface area (Å²) in [6, 6.07) is 9.97. The number of imidazole rings is 1. The minimum atomic E-state index is -0.152. The first-order valence-corrected chi connectivity index (χ1v) is 6.96. The zero-order valence-corrected chi connectivity index (χ0v) is 13.1. The Morgan fingerprint density at radius 1 is 1.27 bits per heavy atom. The SMILES string of the molecule is CCNCc1nc2ncn(Cc3ccccc3)c2c(=O)[nH]1.Cl. The lowest BCUT2D eigenvalue weighted by atomic mass is 10.2. The Labute approximate surface area is 134 Å². The molecule has 0 atom stereocenters. The normalized spacial score (nSPS) is 10.6. The van der Waals surface area contributed by atoms with Crippen molar-refractivity contribution < 1.29 is 0 Å². The number of nitrogens with zero attached hydrogens (tertiary/aromatic N) is 3. The van der Waals surface area contributed by atoms with Gasteiger partial charge in [0.2, 0.25) is 0 Å². The standard InChI is InChI=1S/C15H17N5O.ClH/c1-2-16-8-12-18-14-13(15(21)19-12)20(10-17-14)9-11-6-4-3-5-7-11;/h3-7,10,16H,2,8-9H2,1H3,(H,18,19,21);1H. The molecule has 6 nitrogen and oxygen atoms in total. The predicted octanol–water partition coefficient (Wildman–Crippen LogP) is 1.70. The van der Waals surface area contributed by atoms with E-state index in [2.05, 4.69) is 20.3 Å². The largest absolute Gasteiger partial charge is 0.320 e. The molecule has 2 heterocycles. The van der Waals surface area contributed by atoms with Gasteiger partial charge in [0.05, 0.1) is 12.9 Å². The first kappa shape index (κ1) is 16.2. The summed E-state index contributed by atoms with van der Waals surface area (Å²) in [5.41, 5.74) is 1.97. The van der Waals surface area contributed by atoms with Crippen LogP contribution in [0.15, 0.2) is 41.5 Å². The van der Waals surface area contributed by atoms with Crippen LogP contribution in [0.1, 0.15) is 18.3 Å². The van der Waals surface area contributed by atoms with Crippen LogP contribution in [-0.2, 0) is 13.1 Å². The van der Waals surface area contributed by atoms with Gasteiger partial charge in [0, 0.05) is 6.54 Å². The first-order chi connectivity index (χ1) is 10.3. The average Bonchev–Trinajstić information content (AvgIpc) is 2.90. The zero-order valence-electron chi connectivity index (χ0n) is 12.2. The van der Waals surface area contributed by atoms with Crippen molar-refractivity contribution in [2.24, 2.45) is 0 Å². The fourth-order valence-electron chi connectivity index (χ4n) is 2.26. The number of hydrogen-bond acceptors (Lipinski definition) is 4. The van der Waals surface area contributed by atoms with Gasteiger partial charge in [0.1, 0.15) is 5.82 Å². The summed E-state index contributed by atoms with van der Waals surface area (Å²) in [5.74, 6) is 0.610. The molecular weight excluding hydrogens is 302 g/mol. The summed E-state index contributed by atoms with van der Waals surface area (Å²) >= 11 is 0. The molecular formula is C15H18ClN5O. The Morgan fingerprint density at radius 3 is 2.77 bits per heavy atom.